The van der Waals surface area contributed by atoms with Crippen molar-refractivity contribution in [3.8, 4) is 0 Å². The predicted molar refractivity (Wildman–Crippen MR) is 147 cm³/mol. The number of β-amino-alcohol motifs (C(OH)–C–C–N with tert-alkyl or cyclic N) is 1. The molecule has 2 aromatic carbocycles. The number of likely N-dealkylation sites (tertiary alicyclic amines) is 1. The van der Waals surface area contributed by atoms with Gasteiger partial charge in [0, 0.05) is 62.9 Å². The molecule has 2 saturated heterocycles. The van der Waals surface area contributed by atoms with Crippen molar-refractivity contribution in [2.24, 2.45) is 0 Å². The van der Waals surface area contributed by atoms with Crippen LogP contribution in [0.5, 0.6) is 0 Å². The van der Waals surface area contributed by atoms with E-state index >= 15 is 0 Å². The lowest BCUT2D eigenvalue weighted by molar-refractivity contribution is -0.192. The number of nitrogens with zero attached hydrogens (tertiary/aromatic N) is 3. The third-order valence-electron chi connectivity index (χ3n) is 6.67. The molecule has 224 valence electrons. The quantitative estimate of drug-likeness (QED) is 0.404. The van der Waals surface area contributed by atoms with Gasteiger partial charge in [-0.15, -0.1) is 0 Å². The van der Waals surface area contributed by atoms with Crippen LogP contribution in [0.15, 0.2) is 42.5 Å². The van der Waals surface area contributed by atoms with Crippen LogP contribution in [0.25, 0.3) is 0 Å². The summed E-state index contributed by atoms with van der Waals surface area (Å²) in [5.41, 5.74) is 1.90. The predicted octanol–water partition coefficient (Wildman–Crippen LogP) is 3.38. The number of carboxylic acid groups (broad SMARTS) is 1. The van der Waals surface area contributed by atoms with E-state index in [1.54, 1.807) is 23.1 Å². The van der Waals surface area contributed by atoms with Crippen molar-refractivity contribution in [2.75, 3.05) is 51.6 Å². The van der Waals surface area contributed by atoms with Gasteiger partial charge in [0.15, 0.2) is 0 Å². The number of rotatable bonds is 5. The second-order valence-corrected chi connectivity index (χ2v) is 10.4. The normalized spacial score (nSPS) is 19.7. The number of hydrogen-bond acceptors (Lipinski definition) is 6. The number of benzene rings is 2. The number of urea groups is 1. The van der Waals surface area contributed by atoms with Gasteiger partial charge in [-0.3, -0.25) is 14.6 Å². The van der Waals surface area contributed by atoms with Gasteiger partial charge in [0.1, 0.15) is 0 Å². The maximum absolute atomic E-state index is 13.3. The number of carbonyl (C=O) groups excluding carboxylic acids is 2. The van der Waals surface area contributed by atoms with E-state index in [2.05, 4.69) is 20.4 Å². The molecule has 2 unspecified atom stereocenters. The Kier molecular flexibility index (Phi) is 11.2. The second kappa shape index (κ2) is 14.2. The molecule has 0 aromatic heterocycles. The van der Waals surface area contributed by atoms with Gasteiger partial charge in [0.05, 0.1) is 23.4 Å². The zero-order valence-corrected chi connectivity index (χ0v) is 23.5. The van der Waals surface area contributed by atoms with Crippen molar-refractivity contribution < 1.29 is 37.8 Å². The minimum atomic E-state index is -5.08. The number of carbonyl (C=O) groups is 3. The average molecular weight is 620 g/mol. The molecule has 41 heavy (non-hydrogen) atoms. The second-order valence-electron chi connectivity index (χ2n) is 9.48. The number of halogens is 5. The minimum Gasteiger partial charge on any atom is -0.475 e. The first-order chi connectivity index (χ1) is 19.3. The number of anilines is 1. The molecule has 2 aliphatic heterocycles. The SMILES string of the molecule is CNC(=O)Nc1cc(Cl)ccc1C(=O)N1CC(O)C(N2CCN(Cc3ccc(Cl)cc3)CC2)C1.O=C(O)C(F)(F)F. The summed E-state index contributed by atoms with van der Waals surface area (Å²) in [5, 5.41) is 24.2. The highest BCUT2D eigenvalue weighted by Crippen LogP contribution is 2.26. The summed E-state index contributed by atoms with van der Waals surface area (Å²) in [6, 6.07) is 12.1. The largest absolute Gasteiger partial charge is 0.490 e. The third-order valence-corrected chi connectivity index (χ3v) is 7.16. The summed E-state index contributed by atoms with van der Waals surface area (Å²) >= 11 is 12.1. The van der Waals surface area contributed by atoms with Crippen LogP contribution in [-0.2, 0) is 11.3 Å². The number of amides is 3. The number of aliphatic carboxylic acids is 1. The molecule has 15 heteroatoms. The zero-order chi connectivity index (χ0) is 30.3. The first-order valence-electron chi connectivity index (χ1n) is 12.5. The molecule has 0 spiro atoms. The van der Waals surface area contributed by atoms with Crippen molar-refractivity contribution in [1.29, 1.82) is 0 Å². The van der Waals surface area contributed by atoms with E-state index in [1.165, 1.54) is 12.6 Å². The first-order valence-corrected chi connectivity index (χ1v) is 13.3. The lowest BCUT2D eigenvalue weighted by Crippen LogP contribution is -2.53. The lowest BCUT2D eigenvalue weighted by atomic mass is 10.1. The van der Waals surface area contributed by atoms with Crippen molar-refractivity contribution in [3.63, 3.8) is 0 Å². The Morgan fingerprint density at radius 1 is 0.976 bits per heavy atom. The van der Waals surface area contributed by atoms with Gasteiger partial charge in [-0.1, -0.05) is 35.3 Å². The Hall–Kier alpha value is -3.10. The van der Waals surface area contributed by atoms with E-state index in [9.17, 15) is 27.9 Å². The number of nitrogens with one attached hydrogen (secondary N) is 2. The van der Waals surface area contributed by atoms with Crippen LogP contribution >= 0.6 is 23.2 Å². The van der Waals surface area contributed by atoms with E-state index in [-0.39, 0.29) is 18.5 Å². The molecule has 10 nitrogen and oxygen atoms in total. The summed E-state index contributed by atoms with van der Waals surface area (Å²) in [4.78, 5) is 40.3. The molecule has 2 aromatic rings. The van der Waals surface area contributed by atoms with Crippen molar-refractivity contribution in [1.82, 2.24) is 20.0 Å². The highest BCUT2D eigenvalue weighted by molar-refractivity contribution is 6.31. The average Bonchev–Trinajstić information content (AvgIpc) is 3.31. The zero-order valence-electron chi connectivity index (χ0n) is 22.0. The van der Waals surface area contributed by atoms with Gasteiger partial charge >= 0.3 is 18.2 Å². The standard InChI is InChI=1S/C24H29Cl2N5O3.C2HF3O2/c1-27-24(34)28-20-12-18(26)6-7-19(20)23(33)31-14-21(22(32)15-31)30-10-8-29(9-11-30)13-16-2-4-17(25)5-3-16;3-2(4,5)1(6)7/h2-7,12,21-22,32H,8-11,13-15H2,1H3,(H2,27,28,34);(H,6,7). The van der Waals surface area contributed by atoms with Crippen LogP contribution in [0.2, 0.25) is 10.0 Å². The Morgan fingerprint density at radius 2 is 1.56 bits per heavy atom. The van der Waals surface area contributed by atoms with Gasteiger partial charge < -0.3 is 25.7 Å². The molecule has 2 fully saturated rings. The molecule has 3 amide bonds. The Bertz CT molecular complexity index is 1230. The molecule has 2 atom stereocenters. The smallest absolute Gasteiger partial charge is 0.475 e. The Labute approximate surface area is 244 Å². The summed E-state index contributed by atoms with van der Waals surface area (Å²) < 4.78 is 31.7. The molecule has 0 saturated carbocycles. The highest BCUT2D eigenvalue weighted by atomic mass is 35.5. The number of aliphatic hydroxyl groups excluding tert-OH is 1. The summed E-state index contributed by atoms with van der Waals surface area (Å²) in [5.74, 6) is -3.00. The molecule has 0 radical (unpaired) electrons. The van der Waals surface area contributed by atoms with Crippen LogP contribution in [0.1, 0.15) is 15.9 Å². The fraction of sp³-hybridized carbons (Fsp3) is 0.423. The minimum absolute atomic E-state index is 0.121. The third kappa shape index (κ3) is 9.20. The van der Waals surface area contributed by atoms with E-state index in [4.69, 9.17) is 33.1 Å². The maximum atomic E-state index is 13.3. The number of alkyl halides is 3. The topological polar surface area (TPSA) is 125 Å². The summed E-state index contributed by atoms with van der Waals surface area (Å²) in [7, 11) is 1.50. The molecular formula is C26H30Cl2F3N5O5. The van der Waals surface area contributed by atoms with E-state index in [0.29, 0.717) is 22.8 Å². The van der Waals surface area contributed by atoms with Crippen molar-refractivity contribution >= 4 is 46.8 Å². The van der Waals surface area contributed by atoms with Crippen molar-refractivity contribution in [2.45, 2.75) is 24.9 Å². The van der Waals surface area contributed by atoms with Crippen LogP contribution in [0.3, 0.4) is 0 Å². The highest BCUT2D eigenvalue weighted by Gasteiger charge is 2.39. The summed E-state index contributed by atoms with van der Waals surface area (Å²) in [6.07, 6.45) is -5.71. The molecule has 4 N–H and O–H groups in total. The van der Waals surface area contributed by atoms with Crippen molar-refractivity contribution in [3.05, 3.63) is 63.6 Å². The molecule has 4 rings (SSSR count). The summed E-state index contributed by atoms with van der Waals surface area (Å²) in [6.45, 7) is 4.95. The van der Waals surface area contributed by atoms with E-state index < -0.39 is 24.3 Å². The number of hydrogen-bond donors (Lipinski definition) is 4. The van der Waals surface area contributed by atoms with E-state index in [1.807, 2.05) is 24.3 Å². The van der Waals surface area contributed by atoms with Crippen LogP contribution < -0.4 is 10.6 Å². The van der Waals surface area contributed by atoms with Gasteiger partial charge in [-0.2, -0.15) is 13.2 Å². The fourth-order valence-electron chi connectivity index (χ4n) is 4.56. The Balaban J connectivity index is 0.000000587. The van der Waals surface area contributed by atoms with E-state index in [0.717, 1.165) is 37.7 Å². The Morgan fingerprint density at radius 3 is 2.12 bits per heavy atom. The molecule has 2 aliphatic rings. The molecule has 0 bridgehead atoms. The van der Waals surface area contributed by atoms with Crippen LogP contribution in [-0.4, -0.2) is 107 Å². The van der Waals surface area contributed by atoms with Gasteiger partial charge in [0.2, 0.25) is 0 Å². The number of piperazine rings is 1. The maximum Gasteiger partial charge on any atom is 0.490 e. The van der Waals surface area contributed by atoms with Crippen LogP contribution in [0.4, 0.5) is 23.7 Å². The number of aliphatic hydroxyl groups is 1. The molecule has 2 heterocycles. The van der Waals surface area contributed by atoms with Crippen LogP contribution in [0, 0.1) is 0 Å². The monoisotopic (exact) mass is 619 g/mol. The van der Waals surface area contributed by atoms with Gasteiger partial charge in [-0.25, -0.2) is 9.59 Å². The molecular weight excluding hydrogens is 590 g/mol. The molecule has 0 aliphatic carbocycles. The lowest BCUT2D eigenvalue weighted by Gasteiger charge is -2.38. The van der Waals surface area contributed by atoms with Gasteiger partial charge in [-0.05, 0) is 35.9 Å². The van der Waals surface area contributed by atoms with Gasteiger partial charge in [0.25, 0.3) is 5.91 Å². The first kappa shape index (κ1) is 32.4. The number of carboxylic acids is 1. The fourth-order valence-corrected chi connectivity index (χ4v) is 4.85.